The van der Waals surface area contributed by atoms with Crippen LogP contribution in [0.25, 0.3) is 28.2 Å². The van der Waals surface area contributed by atoms with Gasteiger partial charge in [0.25, 0.3) is 0 Å². The Morgan fingerprint density at radius 1 is 1.00 bits per heavy atom. The minimum absolute atomic E-state index is 0.136. The molecule has 0 spiro atoms. The summed E-state index contributed by atoms with van der Waals surface area (Å²) in [6.07, 6.45) is 2.73. The Morgan fingerprint density at radius 2 is 1.78 bits per heavy atom. The van der Waals surface area contributed by atoms with E-state index in [0.717, 1.165) is 0 Å². The van der Waals surface area contributed by atoms with E-state index in [1.807, 2.05) is 12.1 Å². The first-order chi connectivity index (χ1) is 15.5. The molecule has 156 valence electrons. The van der Waals surface area contributed by atoms with Crippen LogP contribution < -0.4 is 10.2 Å². The number of benzene rings is 3. The van der Waals surface area contributed by atoms with Gasteiger partial charge in [0.15, 0.2) is 0 Å². The van der Waals surface area contributed by atoms with Gasteiger partial charge >= 0.3 is 5.97 Å². The van der Waals surface area contributed by atoms with Crippen molar-refractivity contribution in [2.45, 2.75) is 0 Å². The van der Waals surface area contributed by atoms with Crippen LogP contribution in [0.15, 0.2) is 87.8 Å². The number of carbonyl (C=O) groups is 1. The minimum Gasteiger partial charge on any atom is -0.463 e. The van der Waals surface area contributed by atoms with E-state index in [-0.39, 0.29) is 33.3 Å². The van der Waals surface area contributed by atoms with Crippen molar-refractivity contribution in [3.05, 3.63) is 104 Å². The molecule has 0 fully saturated rings. The third-order valence-electron chi connectivity index (χ3n) is 4.63. The number of nitrogens with zero attached hydrogens (tertiary/aromatic N) is 1. The standard InChI is InChI=1S/C25H13Cl2NO4/c26-17-6-8-19(22(27)11-17)21-14-31-23-12-18(7-9-20(23)24(21)29)32-25(30)16(13-28)10-15-4-2-1-3-5-15/h1-12,14H. The van der Waals surface area contributed by atoms with Crippen LogP contribution >= 0.6 is 23.2 Å². The predicted molar refractivity (Wildman–Crippen MR) is 124 cm³/mol. The van der Waals surface area contributed by atoms with Gasteiger partial charge in [-0.2, -0.15) is 5.26 Å². The summed E-state index contributed by atoms with van der Waals surface area (Å²) in [5.41, 5.74) is 1.23. The zero-order valence-electron chi connectivity index (χ0n) is 16.3. The number of esters is 1. The van der Waals surface area contributed by atoms with Gasteiger partial charge in [0, 0.05) is 16.7 Å². The van der Waals surface area contributed by atoms with E-state index in [4.69, 9.17) is 32.4 Å². The molecular formula is C25H13Cl2NO4. The van der Waals surface area contributed by atoms with Gasteiger partial charge in [-0.1, -0.05) is 59.6 Å². The molecule has 0 saturated heterocycles. The van der Waals surface area contributed by atoms with Crippen LogP contribution in [0.3, 0.4) is 0 Å². The number of carbonyl (C=O) groups excluding carboxylic acids is 1. The topological polar surface area (TPSA) is 80.3 Å². The maximum atomic E-state index is 12.9. The number of hydrogen-bond donors (Lipinski definition) is 0. The highest BCUT2D eigenvalue weighted by atomic mass is 35.5. The number of nitriles is 1. The van der Waals surface area contributed by atoms with E-state index in [1.54, 1.807) is 42.5 Å². The molecule has 0 radical (unpaired) electrons. The highest BCUT2D eigenvalue weighted by Gasteiger charge is 2.16. The zero-order valence-corrected chi connectivity index (χ0v) is 17.9. The number of fused-ring (bicyclic) bond motifs is 1. The summed E-state index contributed by atoms with van der Waals surface area (Å²) in [6.45, 7) is 0. The average Bonchev–Trinajstić information content (AvgIpc) is 2.79. The number of rotatable bonds is 4. The normalized spacial score (nSPS) is 11.2. The molecule has 0 aliphatic heterocycles. The molecular weight excluding hydrogens is 449 g/mol. The summed E-state index contributed by atoms with van der Waals surface area (Å²) < 4.78 is 10.9. The SMILES string of the molecule is N#CC(=Cc1ccccc1)C(=O)Oc1ccc2c(=O)c(-c3ccc(Cl)cc3Cl)coc2c1. The number of hydrogen-bond acceptors (Lipinski definition) is 5. The highest BCUT2D eigenvalue weighted by Crippen LogP contribution is 2.30. The Balaban J connectivity index is 1.64. The van der Waals surface area contributed by atoms with E-state index >= 15 is 0 Å². The van der Waals surface area contributed by atoms with Crippen molar-refractivity contribution in [1.82, 2.24) is 0 Å². The lowest BCUT2D eigenvalue weighted by molar-refractivity contribution is -0.129. The third kappa shape index (κ3) is 4.42. The van der Waals surface area contributed by atoms with Crippen molar-refractivity contribution in [1.29, 1.82) is 5.26 Å². The average molecular weight is 462 g/mol. The summed E-state index contributed by atoms with van der Waals surface area (Å²) in [7, 11) is 0. The maximum absolute atomic E-state index is 12.9. The molecule has 0 aliphatic carbocycles. The summed E-state index contributed by atoms with van der Waals surface area (Å²) in [4.78, 5) is 25.4. The van der Waals surface area contributed by atoms with Gasteiger partial charge in [0.2, 0.25) is 5.43 Å². The molecule has 0 amide bonds. The second-order valence-electron chi connectivity index (χ2n) is 6.73. The molecule has 3 aromatic carbocycles. The summed E-state index contributed by atoms with van der Waals surface area (Å²) >= 11 is 12.1. The second-order valence-corrected chi connectivity index (χ2v) is 7.57. The largest absolute Gasteiger partial charge is 0.463 e. The zero-order chi connectivity index (χ0) is 22.7. The van der Waals surface area contributed by atoms with Gasteiger partial charge in [0.05, 0.1) is 16.0 Å². The molecule has 7 heteroatoms. The lowest BCUT2D eigenvalue weighted by Gasteiger charge is -2.07. The van der Waals surface area contributed by atoms with E-state index in [2.05, 4.69) is 0 Å². The fourth-order valence-corrected chi connectivity index (χ4v) is 3.59. The number of ether oxygens (including phenoxy) is 1. The van der Waals surface area contributed by atoms with E-state index in [9.17, 15) is 14.9 Å². The Bertz CT molecular complexity index is 1470. The van der Waals surface area contributed by atoms with Gasteiger partial charge in [-0.05, 0) is 35.9 Å². The van der Waals surface area contributed by atoms with Crippen molar-refractivity contribution < 1.29 is 13.9 Å². The Labute approximate surface area is 192 Å². The molecule has 1 heterocycles. The van der Waals surface area contributed by atoms with Crippen molar-refractivity contribution in [3.63, 3.8) is 0 Å². The molecule has 4 aromatic rings. The third-order valence-corrected chi connectivity index (χ3v) is 5.18. The minimum atomic E-state index is -0.817. The van der Waals surface area contributed by atoms with Gasteiger partial charge in [-0.25, -0.2) is 4.79 Å². The molecule has 5 nitrogen and oxygen atoms in total. The van der Waals surface area contributed by atoms with Crippen LogP contribution in [0.5, 0.6) is 5.75 Å². The highest BCUT2D eigenvalue weighted by molar-refractivity contribution is 6.36. The molecule has 0 N–H and O–H groups in total. The van der Waals surface area contributed by atoms with Crippen LogP contribution in [-0.4, -0.2) is 5.97 Å². The maximum Gasteiger partial charge on any atom is 0.354 e. The second kappa shape index (κ2) is 9.11. The lowest BCUT2D eigenvalue weighted by Crippen LogP contribution is -2.10. The predicted octanol–water partition coefficient (Wildman–Crippen LogP) is 6.28. The van der Waals surface area contributed by atoms with Crippen molar-refractivity contribution in [3.8, 4) is 22.9 Å². The number of halogens is 2. The van der Waals surface area contributed by atoms with Crippen LogP contribution in [0.4, 0.5) is 0 Å². The van der Waals surface area contributed by atoms with E-state index < -0.39 is 5.97 Å². The first kappa shape index (κ1) is 21.4. The van der Waals surface area contributed by atoms with Crippen LogP contribution in [0, 0.1) is 11.3 Å². The fraction of sp³-hybridized carbons (Fsp3) is 0. The fourth-order valence-electron chi connectivity index (χ4n) is 3.08. The first-order valence-corrected chi connectivity index (χ1v) is 10.1. The summed E-state index contributed by atoms with van der Waals surface area (Å²) in [6, 6.07) is 20.0. The van der Waals surface area contributed by atoms with Crippen molar-refractivity contribution in [2.75, 3.05) is 0 Å². The molecule has 0 unspecified atom stereocenters. The monoisotopic (exact) mass is 461 g/mol. The Hall–Kier alpha value is -3.85. The molecule has 32 heavy (non-hydrogen) atoms. The van der Waals surface area contributed by atoms with E-state index in [1.165, 1.54) is 30.5 Å². The molecule has 4 rings (SSSR count). The van der Waals surface area contributed by atoms with E-state index in [0.29, 0.717) is 21.2 Å². The summed E-state index contributed by atoms with van der Waals surface area (Å²) in [5, 5.41) is 10.4. The molecule has 1 aromatic heterocycles. The smallest absolute Gasteiger partial charge is 0.354 e. The molecule has 0 atom stereocenters. The van der Waals surface area contributed by atoms with Crippen LogP contribution in [0.2, 0.25) is 10.0 Å². The van der Waals surface area contributed by atoms with Crippen molar-refractivity contribution in [2.24, 2.45) is 0 Å². The van der Waals surface area contributed by atoms with Crippen LogP contribution in [0.1, 0.15) is 5.56 Å². The first-order valence-electron chi connectivity index (χ1n) is 9.36. The van der Waals surface area contributed by atoms with Gasteiger partial charge in [-0.3, -0.25) is 4.79 Å². The lowest BCUT2D eigenvalue weighted by atomic mass is 10.1. The van der Waals surface area contributed by atoms with Gasteiger partial charge < -0.3 is 9.15 Å². The molecule has 0 saturated carbocycles. The van der Waals surface area contributed by atoms with Crippen LogP contribution in [-0.2, 0) is 4.79 Å². The summed E-state index contributed by atoms with van der Waals surface area (Å²) in [5.74, 6) is -0.681. The molecule has 0 bridgehead atoms. The molecule has 0 aliphatic rings. The van der Waals surface area contributed by atoms with Gasteiger partial charge in [-0.15, -0.1) is 0 Å². The quantitative estimate of drug-likeness (QED) is 0.154. The van der Waals surface area contributed by atoms with Crippen molar-refractivity contribution >= 4 is 46.2 Å². The van der Waals surface area contributed by atoms with Gasteiger partial charge in [0.1, 0.15) is 29.2 Å². The Kier molecular flexibility index (Phi) is 6.09. The Morgan fingerprint density at radius 3 is 2.50 bits per heavy atom.